The SMILES string of the molecule is O=C(Nc1nccs1)c1nccn2cc(-c3cccc(C(F)(F)F)c3)nc12. The third-order valence-corrected chi connectivity index (χ3v) is 4.42. The monoisotopic (exact) mass is 389 g/mol. The van der Waals surface area contributed by atoms with Crippen LogP contribution in [0.3, 0.4) is 0 Å². The summed E-state index contributed by atoms with van der Waals surface area (Å²) in [5, 5.41) is 4.74. The van der Waals surface area contributed by atoms with E-state index < -0.39 is 17.6 Å². The lowest BCUT2D eigenvalue weighted by Gasteiger charge is -2.07. The number of halogens is 3. The zero-order valence-corrected chi connectivity index (χ0v) is 14.3. The van der Waals surface area contributed by atoms with E-state index in [1.165, 1.54) is 29.7 Å². The van der Waals surface area contributed by atoms with Crippen molar-refractivity contribution in [2.45, 2.75) is 6.18 Å². The molecule has 136 valence electrons. The number of nitrogens with one attached hydrogen (secondary N) is 1. The number of hydrogen-bond acceptors (Lipinski definition) is 5. The molecule has 0 unspecified atom stereocenters. The maximum atomic E-state index is 12.9. The van der Waals surface area contributed by atoms with Crippen molar-refractivity contribution in [2.75, 3.05) is 5.32 Å². The van der Waals surface area contributed by atoms with E-state index in [1.807, 2.05) is 0 Å². The first-order valence-electron chi connectivity index (χ1n) is 7.64. The van der Waals surface area contributed by atoms with Crippen LogP contribution < -0.4 is 5.32 Å². The predicted molar refractivity (Wildman–Crippen MR) is 93.5 cm³/mol. The van der Waals surface area contributed by atoms with E-state index in [-0.39, 0.29) is 11.3 Å². The van der Waals surface area contributed by atoms with Crippen molar-refractivity contribution >= 4 is 28.0 Å². The molecule has 4 aromatic rings. The highest BCUT2D eigenvalue weighted by Gasteiger charge is 2.30. The van der Waals surface area contributed by atoms with Gasteiger partial charge in [-0.2, -0.15) is 13.2 Å². The largest absolute Gasteiger partial charge is 0.416 e. The number of anilines is 1. The second-order valence-corrected chi connectivity index (χ2v) is 6.40. The number of thiazole rings is 1. The lowest BCUT2D eigenvalue weighted by molar-refractivity contribution is -0.137. The van der Waals surface area contributed by atoms with Gasteiger partial charge in [0.1, 0.15) is 0 Å². The van der Waals surface area contributed by atoms with Crippen LogP contribution in [0.2, 0.25) is 0 Å². The number of fused-ring (bicyclic) bond motifs is 1. The van der Waals surface area contributed by atoms with Gasteiger partial charge in [0.2, 0.25) is 0 Å². The van der Waals surface area contributed by atoms with Gasteiger partial charge in [-0.3, -0.25) is 10.1 Å². The van der Waals surface area contributed by atoms with Crippen LogP contribution in [0.15, 0.2) is 54.4 Å². The Hall–Kier alpha value is -3.27. The first-order valence-corrected chi connectivity index (χ1v) is 8.52. The number of alkyl halides is 3. The summed E-state index contributed by atoms with van der Waals surface area (Å²) in [6.07, 6.45) is 1.64. The molecule has 0 aliphatic carbocycles. The number of carbonyl (C=O) groups excluding carboxylic acids is 1. The zero-order chi connectivity index (χ0) is 19.0. The Labute approximate surface area is 154 Å². The molecule has 1 amide bonds. The normalized spacial score (nSPS) is 11.7. The van der Waals surface area contributed by atoms with Crippen molar-refractivity contribution < 1.29 is 18.0 Å². The van der Waals surface area contributed by atoms with Gasteiger partial charge >= 0.3 is 6.18 Å². The molecule has 3 aromatic heterocycles. The molecule has 4 rings (SSSR count). The lowest BCUT2D eigenvalue weighted by atomic mass is 10.1. The van der Waals surface area contributed by atoms with Crippen LogP contribution in [0.25, 0.3) is 16.9 Å². The van der Waals surface area contributed by atoms with Gasteiger partial charge in [-0.05, 0) is 12.1 Å². The van der Waals surface area contributed by atoms with Crippen LogP contribution in [0.4, 0.5) is 18.3 Å². The number of nitrogens with zero attached hydrogens (tertiary/aromatic N) is 4. The molecule has 0 saturated carbocycles. The Bertz CT molecular complexity index is 1120. The minimum Gasteiger partial charge on any atom is -0.303 e. The van der Waals surface area contributed by atoms with Crippen molar-refractivity contribution in [1.82, 2.24) is 19.4 Å². The van der Waals surface area contributed by atoms with Crippen LogP contribution in [0.5, 0.6) is 0 Å². The van der Waals surface area contributed by atoms with Crippen LogP contribution in [0.1, 0.15) is 16.1 Å². The summed E-state index contributed by atoms with van der Waals surface area (Å²) >= 11 is 1.25. The fraction of sp³-hybridized carbons (Fsp3) is 0.0588. The molecule has 1 aromatic carbocycles. The van der Waals surface area contributed by atoms with Crippen molar-refractivity contribution in [1.29, 1.82) is 0 Å². The third kappa shape index (κ3) is 3.38. The van der Waals surface area contributed by atoms with Crippen LogP contribution in [-0.2, 0) is 6.18 Å². The lowest BCUT2D eigenvalue weighted by Crippen LogP contribution is -2.15. The minimum absolute atomic E-state index is 0.0472. The molecule has 0 aliphatic rings. The summed E-state index contributed by atoms with van der Waals surface area (Å²) in [4.78, 5) is 24.8. The van der Waals surface area contributed by atoms with E-state index >= 15 is 0 Å². The molecule has 10 heteroatoms. The second kappa shape index (κ2) is 6.47. The van der Waals surface area contributed by atoms with E-state index in [9.17, 15) is 18.0 Å². The minimum atomic E-state index is -4.45. The van der Waals surface area contributed by atoms with Crippen molar-refractivity contribution in [3.05, 3.63) is 65.7 Å². The van der Waals surface area contributed by atoms with Gasteiger partial charge in [0.25, 0.3) is 5.91 Å². The number of imidazole rings is 1. The summed E-state index contributed by atoms with van der Waals surface area (Å²) in [6.45, 7) is 0. The number of amides is 1. The molecule has 0 fully saturated rings. The van der Waals surface area contributed by atoms with Gasteiger partial charge in [-0.15, -0.1) is 11.3 Å². The number of aromatic nitrogens is 4. The summed E-state index contributed by atoms with van der Waals surface area (Å²) in [7, 11) is 0. The maximum Gasteiger partial charge on any atom is 0.416 e. The number of benzene rings is 1. The molecule has 27 heavy (non-hydrogen) atoms. The van der Waals surface area contributed by atoms with E-state index in [1.54, 1.807) is 28.4 Å². The number of hydrogen-bond donors (Lipinski definition) is 1. The molecular formula is C17H10F3N5OS. The molecule has 0 aliphatic heterocycles. The molecular weight excluding hydrogens is 379 g/mol. The van der Waals surface area contributed by atoms with Gasteiger partial charge in [0.15, 0.2) is 16.5 Å². The average molecular weight is 389 g/mol. The van der Waals surface area contributed by atoms with E-state index in [0.29, 0.717) is 16.4 Å². The summed E-state index contributed by atoms with van der Waals surface area (Å²) in [5.74, 6) is -0.503. The Morgan fingerprint density at radius 1 is 1.19 bits per heavy atom. The van der Waals surface area contributed by atoms with E-state index in [4.69, 9.17) is 0 Å². The van der Waals surface area contributed by atoms with Gasteiger partial charge in [0.05, 0.1) is 11.3 Å². The van der Waals surface area contributed by atoms with Gasteiger partial charge in [-0.1, -0.05) is 12.1 Å². The molecule has 1 N–H and O–H groups in total. The van der Waals surface area contributed by atoms with Crippen molar-refractivity contribution in [3.63, 3.8) is 0 Å². The highest BCUT2D eigenvalue weighted by atomic mass is 32.1. The molecule has 0 spiro atoms. The van der Waals surface area contributed by atoms with Crippen molar-refractivity contribution in [2.24, 2.45) is 0 Å². The fourth-order valence-electron chi connectivity index (χ4n) is 2.52. The second-order valence-electron chi connectivity index (χ2n) is 5.50. The Morgan fingerprint density at radius 2 is 2.04 bits per heavy atom. The molecule has 6 nitrogen and oxygen atoms in total. The van der Waals surface area contributed by atoms with Gasteiger partial charge in [-0.25, -0.2) is 15.0 Å². The number of rotatable bonds is 3. The highest BCUT2D eigenvalue weighted by Crippen LogP contribution is 2.32. The van der Waals surface area contributed by atoms with Crippen LogP contribution >= 0.6 is 11.3 Å². The molecule has 0 radical (unpaired) electrons. The average Bonchev–Trinajstić information content (AvgIpc) is 3.30. The molecule has 0 bridgehead atoms. The van der Waals surface area contributed by atoms with Gasteiger partial charge in [0, 0.05) is 35.7 Å². The summed E-state index contributed by atoms with van der Waals surface area (Å²) in [5.41, 5.74) is 0.110. The first kappa shape index (κ1) is 17.2. The first-order chi connectivity index (χ1) is 12.9. The van der Waals surface area contributed by atoms with E-state index in [2.05, 4.69) is 20.3 Å². The molecule has 0 saturated heterocycles. The summed E-state index contributed by atoms with van der Waals surface area (Å²) < 4.78 is 40.4. The zero-order valence-electron chi connectivity index (χ0n) is 13.4. The Balaban J connectivity index is 1.74. The third-order valence-electron chi connectivity index (χ3n) is 3.73. The topological polar surface area (TPSA) is 72.2 Å². The Kier molecular flexibility index (Phi) is 4.11. The standard InChI is InChI=1S/C17H10F3N5OS/c18-17(19,20)11-3-1-2-10(8-11)12-9-25-6-4-21-13(14(25)23-12)15(26)24-16-22-5-7-27-16/h1-9H,(H,22,24,26). The molecule has 0 atom stereocenters. The van der Waals surface area contributed by atoms with Crippen molar-refractivity contribution in [3.8, 4) is 11.3 Å². The smallest absolute Gasteiger partial charge is 0.303 e. The maximum absolute atomic E-state index is 12.9. The van der Waals surface area contributed by atoms with E-state index in [0.717, 1.165) is 12.1 Å². The Morgan fingerprint density at radius 3 is 2.78 bits per heavy atom. The van der Waals surface area contributed by atoms with Crippen LogP contribution in [0, 0.1) is 0 Å². The predicted octanol–water partition coefficient (Wildman–Crippen LogP) is 4.12. The number of carbonyl (C=O) groups is 1. The highest BCUT2D eigenvalue weighted by molar-refractivity contribution is 7.13. The molecule has 3 heterocycles. The fourth-order valence-corrected chi connectivity index (χ4v) is 3.04. The van der Waals surface area contributed by atoms with Gasteiger partial charge < -0.3 is 4.40 Å². The summed E-state index contributed by atoms with van der Waals surface area (Å²) in [6, 6.07) is 4.86. The van der Waals surface area contributed by atoms with Crippen LogP contribution in [-0.4, -0.2) is 25.3 Å². The quantitative estimate of drug-likeness (QED) is 0.572.